The van der Waals surface area contributed by atoms with E-state index >= 15 is 0 Å². The fourth-order valence-electron chi connectivity index (χ4n) is 1.67. The molecule has 0 saturated heterocycles. The van der Waals surface area contributed by atoms with Gasteiger partial charge in [-0.25, -0.2) is 4.52 Å². The van der Waals surface area contributed by atoms with Crippen molar-refractivity contribution in [3.63, 3.8) is 0 Å². The van der Waals surface area contributed by atoms with Crippen LogP contribution >= 0.6 is 11.3 Å². The molecule has 0 aliphatic carbocycles. The molecule has 3 aromatic rings. The van der Waals surface area contributed by atoms with E-state index in [4.69, 9.17) is 10.2 Å². The zero-order valence-corrected chi connectivity index (χ0v) is 10.4. The van der Waals surface area contributed by atoms with Crippen LogP contribution < -0.4 is 5.73 Å². The zero-order valence-electron chi connectivity index (χ0n) is 9.61. The Morgan fingerprint density at radius 2 is 2.39 bits per heavy atom. The summed E-state index contributed by atoms with van der Waals surface area (Å²) in [5, 5.41) is 6.47. The SMILES string of the molecule is NCCc1csc2nc(/C=C/c3ccco3)nn12. The molecule has 92 valence electrons. The van der Waals surface area contributed by atoms with E-state index in [-0.39, 0.29) is 0 Å². The van der Waals surface area contributed by atoms with Gasteiger partial charge in [0.2, 0.25) is 4.96 Å². The van der Waals surface area contributed by atoms with Crippen molar-refractivity contribution in [2.45, 2.75) is 6.42 Å². The lowest BCUT2D eigenvalue weighted by atomic mass is 10.3. The zero-order chi connectivity index (χ0) is 12.4. The Kier molecular flexibility index (Phi) is 2.95. The van der Waals surface area contributed by atoms with E-state index in [1.807, 2.05) is 34.2 Å². The second kappa shape index (κ2) is 4.75. The van der Waals surface area contributed by atoms with Crippen LogP contribution in [0.15, 0.2) is 28.2 Å². The van der Waals surface area contributed by atoms with E-state index in [9.17, 15) is 0 Å². The number of fused-ring (bicyclic) bond motifs is 1. The van der Waals surface area contributed by atoms with Gasteiger partial charge in [0.15, 0.2) is 5.82 Å². The van der Waals surface area contributed by atoms with Gasteiger partial charge in [-0.3, -0.25) is 0 Å². The number of nitrogens with two attached hydrogens (primary N) is 1. The topological polar surface area (TPSA) is 69.3 Å². The first kappa shape index (κ1) is 11.2. The van der Waals surface area contributed by atoms with E-state index in [1.54, 1.807) is 17.6 Å². The van der Waals surface area contributed by atoms with Crippen molar-refractivity contribution in [1.82, 2.24) is 14.6 Å². The molecule has 0 spiro atoms. The van der Waals surface area contributed by atoms with Crippen LogP contribution in [-0.2, 0) is 6.42 Å². The number of furan rings is 1. The largest absolute Gasteiger partial charge is 0.465 e. The van der Waals surface area contributed by atoms with Crippen LogP contribution in [-0.4, -0.2) is 21.1 Å². The van der Waals surface area contributed by atoms with Gasteiger partial charge in [0, 0.05) is 11.8 Å². The molecule has 18 heavy (non-hydrogen) atoms. The van der Waals surface area contributed by atoms with Crippen molar-refractivity contribution < 1.29 is 4.42 Å². The van der Waals surface area contributed by atoms with Gasteiger partial charge in [0.1, 0.15) is 5.76 Å². The minimum atomic E-state index is 0.614. The van der Waals surface area contributed by atoms with Crippen molar-refractivity contribution in [1.29, 1.82) is 0 Å². The molecule has 6 heteroatoms. The third-order valence-electron chi connectivity index (χ3n) is 2.51. The van der Waals surface area contributed by atoms with E-state index in [0.717, 1.165) is 22.8 Å². The molecule has 0 bridgehead atoms. The molecule has 0 aliphatic heterocycles. The summed E-state index contributed by atoms with van der Waals surface area (Å²) in [5.74, 6) is 1.46. The quantitative estimate of drug-likeness (QED) is 0.779. The number of hydrogen-bond acceptors (Lipinski definition) is 5. The van der Waals surface area contributed by atoms with Crippen LogP contribution in [0.4, 0.5) is 0 Å². The lowest BCUT2D eigenvalue weighted by molar-refractivity contribution is 0.557. The predicted octanol–water partition coefficient (Wildman–Crippen LogP) is 2.06. The van der Waals surface area contributed by atoms with E-state index in [2.05, 4.69) is 10.1 Å². The van der Waals surface area contributed by atoms with E-state index in [0.29, 0.717) is 12.4 Å². The molecule has 5 nitrogen and oxygen atoms in total. The first-order valence-electron chi connectivity index (χ1n) is 5.61. The van der Waals surface area contributed by atoms with Crippen molar-refractivity contribution in [2.24, 2.45) is 5.73 Å². The van der Waals surface area contributed by atoms with Crippen molar-refractivity contribution in [3.05, 3.63) is 41.1 Å². The number of hydrogen-bond donors (Lipinski definition) is 1. The van der Waals surface area contributed by atoms with Crippen LogP contribution in [0, 0.1) is 0 Å². The fourth-order valence-corrected chi connectivity index (χ4v) is 2.54. The highest BCUT2D eigenvalue weighted by Gasteiger charge is 2.07. The van der Waals surface area contributed by atoms with Gasteiger partial charge < -0.3 is 10.2 Å². The lowest BCUT2D eigenvalue weighted by Gasteiger charge is -1.92. The van der Waals surface area contributed by atoms with Gasteiger partial charge in [0.25, 0.3) is 0 Å². The van der Waals surface area contributed by atoms with Crippen molar-refractivity contribution >= 4 is 28.4 Å². The molecule has 0 fully saturated rings. The van der Waals surface area contributed by atoms with Gasteiger partial charge >= 0.3 is 0 Å². The molecule has 0 aliphatic rings. The van der Waals surface area contributed by atoms with Crippen LogP contribution in [0.5, 0.6) is 0 Å². The molecule has 3 heterocycles. The molecule has 2 N–H and O–H groups in total. The Morgan fingerprint density at radius 3 is 3.17 bits per heavy atom. The lowest BCUT2D eigenvalue weighted by Crippen LogP contribution is -2.05. The minimum Gasteiger partial charge on any atom is -0.465 e. The monoisotopic (exact) mass is 260 g/mol. The van der Waals surface area contributed by atoms with Crippen LogP contribution in [0.3, 0.4) is 0 Å². The molecule has 3 rings (SSSR count). The molecule has 0 amide bonds. The number of thiazole rings is 1. The number of rotatable bonds is 4. The number of nitrogens with zero attached hydrogens (tertiary/aromatic N) is 3. The normalized spacial score (nSPS) is 11.8. The first-order valence-corrected chi connectivity index (χ1v) is 6.49. The average Bonchev–Trinajstić information content (AvgIpc) is 3.04. The molecular formula is C12H12N4OS. The van der Waals surface area contributed by atoms with Crippen molar-refractivity contribution in [2.75, 3.05) is 6.54 Å². The van der Waals surface area contributed by atoms with E-state index in [1.165, 1.54) is 0 Å². The van der Waals surface area contributed by atoms with Gasteiger partial charge in [-0.1, -0.05) is 0 Å². The summed E-state index contributed by atoms with van der Waals surface area (Å²) in [5.41, 5.74) is 6.66. The minimum absolute atomic E-state index is 0.614. The average molecular weight is 260 g/mol. The second-order valence-electron chi connectivity index (χ2n) is 3.78. The van der Waals surface area contributed by atoms with Crippen LogP contribution in [0.1, 0.15) is 17.3 Å². The highest BCUT2D eigenvalue weighted by molar-refractivity contribution is 7.15. The molecule has 0 atom stereocenters. The maximum absolute atomic E-state index is 5.56. The summed E-state index contributed by atoms with van der Waals surface area (Å²) in [6.07, 6.45) is 6.13. The van der Waals surface area contributed by atoms with Gasteiger partial charge in [0.05, 0.1) is 12.0 Å². The highest BCUT2D eigenvalue weighted by Crippen LogP contribution is 2.15. The molecule has 0 saturated carbocycles. The maximum Gasteiger partial charge on any atom is 0.212 e. The van der Waals surface area contributed by atoms with Gasteiger partial charge in [-0.05, 0) is 30.8 Å². The number of aromatic nitrogens is 3. The van der Waals surface area contributed by atoms with Gasteiger partial charge in [-0.2, -0.15) is 4.98 Å². The Balaban J connectivity index is 1.89. The maximum atomic E-state index is 5.56. The smallest absolute Gasteiger partial charge is 0.212 e. The predicted molar refractivity (Wildman–Crippen MR) is 71.3 cm³/mol. The summed E-state index contributed by atoms with van der Waals surface area (Å²) >= 11 is 1.57. The third-order valence-corrected chi connectivity index (χ3v) is 3.37. The summed E-state index contributed by atoms with van der Waals surface area (Å²) in [7, 11) is 0. The highest BCUT2D eigenvalue weighted by atomic mass is 32.1. The second-order valence-corrected chi connectivity index (χ2v) is 4.62. The van der Waals surface area contributed by atoms with Crippen LogP contribution in [0.25, 0.3) is 17.1 Å². The van der Waals surface area contributed by atoms with E-state index < -0.39 is 0 Å². The molecule has 0 unspecified atom stereocenters. The Labute approximate surface area is 108 Å². The summed E-state index contributed by atoms with van der Waals surface area (Å²) in [6.45, 7) is 0.614. The first-order chi connectivity index (χ1) is 8.86. The summed E-state index contributed by atoms with van der Waals surface area (Å²) in [4.78, 5) is 5.30. The molecule has 3 aromatic heterocycles. The third kappa shape index (κ3) is 2.07. The standard InChI is InChI=1S/C12H12N4OS/c13-6-5-9-8-18-12-14-11(15-16(9)12)4-3-10-2-1-7-17-10/h1-4,7-8H,5-6,13H2/b4-3+. The molecule has 0 radical (unpaired) electrons. The molecular weight excluding hydrogens is 248 g/mol. The summed E-state index contributed by atoms with van der Waals surface area (Å²) < 4.78 is 7.06. The Morgan fingerprint density at radius 1 is 1.44 bits per heavy atom. The summed E-state index contributed by atoms with van der Waals surface area (Å²) in [6, 6.07) is 3.73. The fraction of sp³-hybridized carbons (Fsp3) is 0.167. The van der Waals surface area contributed by atoms with Crippen LogP contribution in [0.2, 0.25) is 0 Å². The Hall–Kier alpha value is -1.92. The Bertz CT molecular complexity index is 665. The molecule has 0 aromatic carbocycles. The van der Waals surface area contributed by atoms with Crippen molar-refractivity contribution in [3.8, 4) is 0 Å². The van der Waals surface area contributed by atoms with Gasteiger partial charge in [-0.15, -0.1) is 16.4 Å².